The molecule has 1 saturated heterocycles. The molecule has 3 heterocycles. The molecule has 5 heteroatoms. The number of hydrogen-bond acceptors (Lipinski definition) is 5. The highest BCUT2D eigenvalue weighted by atomic mass is 16.5. The van der Waals surface area contributed by atoms with Gasteiger partial charge in [0, 0.05) is 12.3 Å². The average molecular weight is 365 g/mol. The summed E-state index contributed by atoms with van der Waals surface area (Å²) in [5.41, 5.74) is 4.18. The van der Waals surface area contributed by atoms with Gasteiger partial charge in [0.15, 0.2) is 0 Å². The van der Waals surface area contributed by atoms with Crippen molar-refractivity contribution in [3.8, 4) is 0 Å². The highest BCUT2D eigenvalue weighted by molar-refractivity contribution is 5.86. The van der Waals surface area contributed by atoms with Crippen LogP contribution in [-0.2, 0) is 9.53 Å². The first kappa shape index (κ1) is 19.2. The van der Waals surface area contributed by atoms with Crippen LogP contribution in [0, 0.1) is 6.92 Å². The maximum atomic E-state index is 11.5. The van der Waals surface area contributed by atoms with Crippen LogP contribution in [0.2, 0.25) is 0 Å². The van der Waals surface area contributed by atoms with Crippen LogP contribution in [0.5, 0.6) is 0 Å². The second-order valence-corrected chi connectivity index (χ2v) is 6.91. The average Bonchev–Trinajstić information content (AvgIpc) is 2.68. The van der Waals surface area contributed by atoms with E-state index in [0.29, 0.717) is 12.6 Å². The Labute approximate surface area is 161 Å². The van der Waals surface area contributed by atoms with E-state index >= 15 is 0 Å². The standard InChI is InChI=1S/C22H27N3O2/c1-4-27-21(26)14-13-17-9-5-10-18(24-17)19-11-6-12-20(25(19)3)22-16(2)8-7-15-23-22/h5,7-10,13-15,19-20H,4,6,11-12H2,1-3H3/b14-13+/t19-,20+/m1/s1. The molecule has 0 saturated carbocycles. The van der Waals surface area contributed by atoms with Crippen LogP contribution in [0.3, 0.4) is 0 Å². The van der Waals surface area contributed by atoms with Crippen molar-refractivity contribution in [3.05, 3.63) is 65.2 Å². The maximum Gasteiger partial charge on any atom is 0.330 e. The molecule has 2 atom stereocenters. The lowest BCUT2D eigenvalue weighted by Gasteiger charge is -2.39. The predicted molar refractivity (Wildman–Crippen MR) is 106 cm³/mol. The van der Waals surface area contributed by atoms with Gasteiger partial charge in [-0.3, -0.25) is 14.9 Å². The second kappa shape index (κ2) is 8.91. The minimum Gasteiger partial charge on any atom is -0.463 e. The number of nitrogens with zero attached hydrogens (tertiary/aromatic N) is 3. The summed E-state index contributed by atoms with van der Waals surface area (Å²) >= 11 is 0. The van der Waals surface area contributed by atoms with E-state index in [1.807, 2.05) is 24.4 Å². The fourth-order valence-corrected chi connectivity index (χ4v) is 3.75. The number of likely N-dealkylation sites (tertiary alicyclic amines) is 1. The van der Waals surface area contributed by atoms with Crippen molar-refractivity contribution in [2.24, 2.45) is 0 Å². The summed E-state index contributed by atoms with van der Waals surface area (Å²) in [6.45, 7) is 4.29. The molecule has 0 aromatic carbocycles. The molecule has 2 aromatic heterocycles. The number of aromatic nitrogens is 2. The summed E-state index contributed by atoms with van der Waals surface area (Å²) in [5, 5.41) is 0. The van der Waals surface area contributed by atoms with Gasteiger partial charge in [0.1, 0.15) is 0 Å². The third-order valence-electron chi connectivity index (χ3n) is 5.11. The predicted octanol–water partition coefficient (Wildman–Crippen LogP) is 4.26. The van der Waals surface area contributed by atoms with Crippen LogP contribution >= 0.6 is 0 Å². The molecule has 0 bridgehead atoms. The Morgan fingerprint density at radius 3 is 2.85 bits per heavy atom. The molecule has 3 rings (SSSR count). The van der Waals surface area contributed by atoms with E-state index in [1.165, 1.54) is 11.6 Å². The first-order valence-corrected chi connectivity index (χ1v) is 9.55. The van der Waals surface area contributed by atoms with Gasteiger partial charge in [-0.25, -0.2) is 4.79 Å². The minimum absolute atomic E-state index is 0.237. The molecule has 27 heavy (non-hydrogen) atoms. The van der Waals surface area contributed by atoms with Crippen LogP contribution < -0.4 is 0 Å². The first-order chi connectivity index (χ1) is 13.1. The Kier molecular flexibility index (Phi) is 6.35. The molecular weight excluding hydrogens is 338 g/mol. The van der Waals surface area contributed by atoms with E-state index in [9.17, 15) is 4.79 Å². The van der Waals surface area contributed by atoms with E-state index in [-0.39, 0.29) is 12.0 Å². The minimum atomic E-state index is -0.342. The number of esters is 1. The third kappa shape index (κ3) is 4.61. The zero-order valence-corrected chi connectivity index (χ0v) is 16.3. The fourth-order valence-electron chi connectivity index (χ4n) is 3.75. The maximum absolute atomic E-state index is 11.5. The Morgan fingerprint density at radius 2 is 2.07 bits per heavy atom. The Bertz CT molecular complexity index is 819. The molecule has 0 aliphatic carbocycles. The van der Waals surface area contributed by atoms with E-state index in [1.54, 1.807) is 13.0 Å². The van der Waals surface area contributed by atoms with Gasteiger partial charge in [0.2, 0.25) is 0 Å². The number of piperidine rings is 1. The molecular formula is C22H27N3O2. The largest absolute Gasteiger partial charge is 0.463 e. The number of ether oxygens (including phenoxy) is 1. The van der Waals surface area contributed by atoms with Crippen LogP contribution in [0.15, 0.2) is 42.6 Å². The quantitative estimate of drug-likeness (QED) is 0.585. The third-order valence-corrected chi connectivity index (χ3v) is 5.11. The summed E-state index contributed by atoms with van der Waals surface area (Å²) in [6, 6.07) is 10.6. The van der Waals surface area contributed by atoms with Gasteiger partial charge in [0.25, 0.3) is 0 Å². The zero-order valence-electron chi connectivity index (χ0n) is 16.3. The molecule has 0 unspecified atom stereocenters. The molecule has 5 nitrogen and oxygen atoms in total. The SMILES string of the molecule is CCOC(=O)/C=C/c1cccc([C@H]2CCC[C@@H](c3ncccc3C)N2C)n1. The summed E-state index contributed by atoms with van der Waals surface area (Å²) in [5.74, 6) is -0.342. The highest BCUT2D eigenvalue weighted by Gasteiger charge is 2.31. The van der Waals surface area contributed by atoms with Crippen molar-refractivity contribution in [3.63, 3.8) is 0 Å². The molecule has 142 valence electrons. The molecule has 2 aromatic rings. The molecule has 1 fully saturated rings. The number of carbonyl (C=O) groups is 1. The topological polar surface area (TPSA) is 55.3 Å². The van der Waals surface area contributed by atoms with Gasteiger partial charge < -0.3 is 4.74 Å². The first-order valence-electron chi connectivity index (χ1n) is 9.55. The Hall–Kier alpha value is -2.53. The molecule has 0 N–H and O–H groups in total. The van der Waals surface area contributed by atoms with Crippen molar-refractivity contribution in [2.45, 2.75) is 45.2 Å². The molecule has 0 radical (unpaired) electrons. The van der Waals surface area contributed by atoms with Crippen LogP contribution in [0.4, 0.5) is 0 Å². The summed E-state index contributed by atoms with van der Waals surface area (Å²) in [7, 11) is 2.16. The normalized spacial score (nSPS) is 20.7. The zero-order chi connectivity index (χ0) is 19.2. The number of aryl methyl sites for hydroxylation is 1. The Balaban J connectivity index is 1.80. The fraction of sp³-hybridized carbons (Fsp3) is 0.409. The van der Waals surface area contributed by atoms with Crippen molar-refractivity contribution >= 4 is 12.0 Å². The van der Waals surface area contributed by atoms with Gasteiger partial charge in [0.05, 0.1) is 35.8 Å². The van der Waals surface area contributed by atoms with Gasteiger partial charge in [-0.15, -0.1) is 0 Å². The smallest absolute Gasteiger partial charge is 0.330 e. The summed E-state index contributed by atoms with van der Waals surface area (Å²) in [6.07, 6.45) is 8.33. The highest BCUT2D eigenvalue weighted by Crippen LogP contribution is 2.39. The van der Waals surface area contributed by atoms with Crippen molar-refractivity contribution in [1.82, 2.24) is 14.9 Å². The summed E-state index contributed by atoms with van der Waals surface area (Å²) in [4.78, 5) is 23.3. The molecule has 0 amide bonds. The van der Waals surface area contributed by atoms with Gasteiger partial charge in [-0.05, 0) is 70.0 Å². The number of pyridine rings is 2. The van der Waals surface area contributed by atoms with E-state index in [4.69, 9.17) is 9.72 Å². The van der Waals surface area contributed by atoms with Gasteiger partial charge >= 0.3 is 5.97 Å². The number of hydrogen-bond donors (Lipinski definition) is 0. The van der Waals surface area contributed by atoms with Crippen molar-refractivity contribution in [1.29, 1.82) is 0 Å². The van der Waals surface area contributed by atoms with E-state index in [2.05, 4.69) is 36.0 Å². The lowest BCUT2D eigenvalue weighted by Crippen LogP contribution is -2.34. The van der Waals surface area contributed by atoms with Crippen molar-refractivity contribution in [2.75, 3.05) is 13.7 Å². The summed E-state index contributed by atoms with van der Waals surface area (Å²) < 4.78 is 4.93. The number of rotatable bonds is 5. The van der Waals surface area contributed by atoms with Crippen molar-refractivity contribution < 1.29 is 9.53 Å². The lowest BCUT2D eigenvalue weighted by atomic mass is 9.90. The van der Waals surface area contributed by atoms with Crippen LogP contribution in [0.25, 0.3) is 6.08 Å². The molecule has 1 aliphatic rings. The molecule has 0 spiro atoms. The van der Waals surface area contributed by atoms with Gasteiger partial charge in [-0.2, -0.15) is 0 Å². The Morgan fingerprint density at radius 1 is 1.26 bits per heavy atom. The lowest BCUT2D eigenvalue weighted by molar-refractivity contribution is -0.137. The van der Waals surface area contributed by atoms with E-state index < -0.39 is 0 Å². The van der Waals surface area contributed by atoms with Gasteiger partial charge in [-0.1, -0.05) is 12.1 Å². The number of carbonyl (C=O) groups excluding carboxylic acids is 1. The van der Waals surface area contributed by atoms with Crippen LogP contribution in [-0.4, -0.2) is 34.5 Å². The van der Waals surface area contributed by atoms with Crippen LogP contribution in [0.1, 0.15) is 60.9 Å². The molecule has 1 aliphatic heterocycles. The second-order valence-electron chi connectivity index (χ2n) is 6.91. The van der Waals surface area contributed by atoms with E-state index in [0.717, 1.165) is 36.3 Å². The monoisotopic (exact) mass is 365 g/mol.